The molecule has 136 valence electrons. The summed E-state index contributed by atoms with van der Waals surface area (Å²) < 4.78 is 5.85. The number of phenols is 1. The van der Waals surface area contributed by atoms with E-state index in [2.05, 4.69) is 15.5 Å². The second-order valence-electron chi connectivity index (χ2n) is 7.59. The van der Waals surface area contributed by atoms with Crippen molar-refractivity contribution in [3.05, 3.63) is 30.3 Å². The molecule has 0 atom stereocenters. The molecule has 7 nitrogen and oxygen atoms in total. The number of rotatable bonds is 6. The summed E-state index contributed by atoms with van der Waals surface area (Å²) in [7, 11) is 0. The number of benzene rings is 1. The largest absolute Gasteiger partial charge is 0.507 e. The van der Waals surface area contributed by atoms with Crippen LogP contribution < -0.4 is 15.8 Å². The summed E-state index contributed by atoms with van der Waals surface area (Å²) in [6.07, 6.45) is 3.99. The number of nitrogens with two attached hydrogens (primary N) is 1. The Kier molecular flexibility index (Phi) is 3.75. The SMILES string of the molecule is CC(=O)NC12CC(CCOc3cc(-c4ccccc4O)nnc3N)(C1)C2. The predicted octanol–water partition coefficient (Wildman–Crippen LogP) is 2.26. The fraction of sp³-hybridized carbons (Fsp3) is 0.421. The van der Waals surface area contributed by atoms with E-state index in [1.807, 2.05) is 6.07 Å². The van der Waals surface area contributed by atoms with E-state index in [0.29, 0.717) is 23.6 Å². The van der Waals surface area contributed by atoms with Crippen LogP contribution in [-0.2, 0) is 4.79 Å². The van der Waals surface area contributed by atoms with Crippen LogP contribution in [0.4, 0.5) is 5.82 Å². The van der Waals surface area contributed by atoms with E-state index in [-0.39, 0.29) is 28.4 Å². The van der Waals surface area contributed by atoms with Crippen LogP contribution in [0, 0.1) is 5.41 Å². The minimum atomic E-state index is 0.0427. The Morgan fingerprint density at radius 1 is 1.31 bits per heavy atom. The van der Waals surface area contributed by atoms with Gasteiger partial charge in [-0.1, -0.05) is 12.1 Å². The molecule has 3 saturated carbocycles. The Morgan fingerprint density at radius 2 is 2.04 bits per heavy atom. The van der Waals surface area contributed by atoms with E-state index in [1.165, 1.54) is 0 Å². The van der Waals surface area contributed by atoms with Gasteiger partial charge in [0.1, 0.15) is 11.4 Å². The Morgan fingerprint density at radius 3 is 2.73 bits per heavy atom. The van der Waals surface area contributed by atoms with E-state index in [0.717, 1.165) is 25.7 Å². The predicted molar refractivity (Wildman–Crippen MR) is 96.5 cm³/mol. The highest BCUT2D eigenvalue weighted by atomic mass is 16.5. The number of amides is 1. The maximum Gasteiger partial charge on any atom is 0.217 e. The minimum Gasteiger partial charge on any atom is -0.507 e. The molecule has 1 aromatic heterocycles. The Labute approximate surface area is 151 Å². The van der Waals surface area contributed by atoms with Crippen LogP contribution in [0.15, 0.2) is 30.3 Å². The molecule has 2 bridgehead atoms. The van der Waals surface area contributed by atoms with Crippen LogP contribution in [0.3, 0.4) is 0 Å². The molecule has 2 aromatic rings. The monoisotopic (exact) mass is 354 g/mol. The highest BCUT2D eigenvalue weighted by Gasteiger charge is 2.67. The van der Waals surface area contributed by atoms with Gasteiger partial charge >= 0.3 is 0 Å². The molecule has 3 aliphatic rings. The summed E-state index contributed by atoms with van der Waals surface area (Å²) >= 11 is 0. The lowest BCUT2D eigenvalue weighted by Gasteiger charge is -2.71. The number of para-hydroxylation sites is 1. The highest BCUT2D eigenvalue weighted by molar-refractivity contribution is 5.74. The molecular formula is C19H22N4O3. The van der Waals surface area contributed by atoms with E-state index < -0.39 is 0 Å². The zero-order valence-corrected chi connectivity index (χ0v) is 14.7. The maximum absolute atomic E-state index is 11.2. The Hall–Kier alpha value is -2.83. The Balaban J connectivity index is 1.37. The van der Waals surface area contributed by atoms with Gasteiger partial charge in [0.25, 0.3) is 0 Å². The topological polar surface area (TPSA) is 110 Å². The molecule has 1 amide bonds. The van der Waals surface area contributed by atoms with Crippen molar-refractivity contribution in [1.29, 1.82) is 0 Å². The standard InChI is InChI=1S/C19H22N4O3/c1-12(24)21-19-9-18(10-19,11-19)6-7-26-16-8-14(22-23-17(16)20)13-4-2-3-5-15(13)25/h2-5,8,25H,6-7,9-11H2,1H3,(H2,20,23)(H,21,24). The van der Waals surface area contributed by atoms with Gasteiger partial charge in [-0.05, 0) is 43.2 Å². The number of aromatic hydroxyl groups is 1. The molecule has 0 unspecified atom stereocenters. The number of ether oxygens (including phenoxy) is 1. The van der Waals surface area contributed by atoms with E-state index in [9.17, 15) is 9.90 Å². The van der Waals surface area contributed by atoms with Crippen molar-refractivity contribution in [3.63, 3.8) is 0 Å². The fourth-order valence-electron chi connectivity index (χ4n) is 4.47. The first kappa shape index (κ1) is 16.6. The van der Waals surface area contributed by atoms with Crippen molar-refractivity contribution in [2.45, 2.75) is 38.1 Å². The van der Waals surface area contributed by atoms with Crippen molar-refractivity contribution in [2.75, 3.05) is 12.3 Å². The lowest BCUT2D eigenvalue weighted by atomic mass is 9.38. The number of carbonyl (C=O) groups excluding carboxylic acids is 1. The summed E-state index contributed by atoms with van der Waals surface area (Å²) in [4.78, 5) is 11.2. The molecule has 5 rings (SSSR count). The van der Waals surface area contributed by atoms with Crippen LogP contribution in [-0.4, -0.2) is 33.4 Å². The third kappa shape index (κ3) is 2.83. The number of carbonyl (C=O) groups is 1. The summed E-state index contributed by atoms with van der Waals surface area (Å²) in [6, 6.07) is 8.64. The van der Waals surface area contributed by atoms with E-state index in [4.69, 9.17) is 10.5 Å². The zero-order chi connectivity index (χ0) is 18.4. The molecule has 26 heavy (non-hydrogen) atoms. The van der Waals surface area contributed by atoms with Gasteiger partial charge < -0.3 is 20.9 Å². The molecule has 0 saturated heterocycles. The van der Waals surface area contributed by atoms with Gasteiger partial charge in [-0.15, -0.1) is 10.2 Å². The highest BCUT2D eigenvalue weighted by Crippen LogP contribution is 2.68. The number of hydrogen-bond acceptors (Lipinski definition) is 6. The quantitative estimate of drug-likeness (QED) is 0.734. The van der Waals surface area contributed by atoms with Gasteiger partial charge in [0, 0.05) is 24.1 Å². The zero-order valence-electron chi connectivity index (χ0n) is 14.7. The molecule has 1 heterocycles. The molecule has 0 aliphatic heterocycles. The second-order valence-corrected chi connectivity index (χ2v) is 7.59. The van der Waals surface area contributed by atoms with Gasteiger partial charge in [-0.3, -0.25) is 4.79 Å². The van der Waals surface area contributed by atoms with Crippen LogP contribution in [0.2, 0.25) is 0 Å². The van der Waals surface area contributed by atoms with Crippen LogP contribution in [0.1, 0.15) is 32.6 Å². The fourth-order valence-corrected chi connectivity index (χ4v) is 4.47. The molecule has 1 aromatic carbocycles. The third-order valence-electron chi connectivity index (χ3n) is 5.44. The molecule has 7 heteroatoms. The number of nitrogens with one attached hydrogen (secondary N) is 1. The first-order valence-electron chi connectivity index (χ1n) is 8.74. The smallest absolute Gasteiger partial charge is 0.217 e. The van der Waals surface area contributed by atoms with Crippen LogP contribution in [0.25, 0.3) is 11.3 Å². The molecule has 3 fully saturated rings. The first-order chi connectivity index (χ1) is 12.4. The number of nitrogen functional groups attached to an aromatic ring is 1. The summed E-state index contributed by atoms with van der Waals surface area (Å²) in [5.41, 5.74) is 7.31. The minimum absolute atomic E-state index is 0.0427. The normalized spacial score (nSPS) is 25.7. The second kappa shape index (κ2) is 5.86. The number of anilines is 1. The van der Waals surface area contributed by atoms with Gasteiger partial charge in [-0.2, -0.15) is 0 Å². The summed E-state index contributed by atoms with van der Waals surface area (Å²) in [5.74, 6) is 0.884. The van der Waals surface area contributed by atoms with Crippen molar-refractivity contribution >= 4 is 11.7 Å². The van der Waals surface area contributed by atoms with Crippen molar-refractivity contribution < 1.29 is 14.6 Å². The van der Waals surface area contributed by atoms with E-state index in [1.54, 1.807) is 31.2 Å². The molecule has 3 aliphatic carbocycles. The van der Waals surface area contributed by atoms with Gasteiger partial charge in [-0.25, -0.2) is 0 Å². The van der Waals surface area contributed by atoms with Crippen molar-refractivity contribution in [3.8, 4) is 22.8 Å². The number of hydrogen-bond donors (Lipinski definition) is 3. The molecule has 4 N–H and O–H groups in total. The number of aromatic nitrogens is 2. The Bertz CT molecular complexity index is 848. The summed E-state index contributed by atoms with van der Waals surface area (Å²) in [6.45, 7) is 2.10. The molecule has 0 spiro atoms. The van der Waals surface area contributed by atoms with Gasteiger partial charge in [0.2, 0.25) is 5.91 Å². The average Bonchev–Trinajstić information content (AvgIpc) is 2.53. The lowest BCUT2D eigenvalue weighted by molar-refractivity contribution is -0.170. The lowest BCUT2D eigenvalue weighted by Crippen LogP contribution is -2.74. The average molecular weight is 354 g/mol. The molecule has 0 radical (unpaired) electrons. The van der Waals surface area contributed by atoms with Crippen LogP contribution >= 0.6 is 0 Å². The number of nitrogens with zero attached hydrogens (tertiary/aromatic N) is 2. The van der Waals surface area contributed by atoms with E-state index >= 15 is 0 Å². The maximum atomic E-state index is 11.2. The van der Waals surface area contributed by atoms with Gasteiger partial charge in [0.15, 0.2) is 11.6 Å². The first-order valence-corrected chi connectivity index (χ1v) is 8.74. The van der Waals surface area contributed by atoms with Gasteiger partial charge in [0.05, 0.1) is 6.61 Å². The molecular weight excluding hydrogens is 332 g/mol. The third-order valence-corrected chi connectivity index (χ3v) is 5.44. The summed E-state index contributed by atoms with van der Waals surface area (Å²) in [5, 5.41) is 21.0. The van der Waals surface area contributed by atoms with Crippen molar-refractivity contribution in [2.24, 2.45) is 5.41 Å². The van der Waals surface area contributed by atoms with Crippen LogP contribution in [0.5, 0.6) is 11.5 Å². The van der Waals surface area contributed by atoms with Crippen molar-refractivity contribution in [1.82, 2.24) is 15.5 Å². The number of phenolic OH excluding ortho intramolecular Hbond substituents is 1.